The van der Waals surface area contributed by atoms with Gasteiger partial charge in [-0.3, -0.25) is 9.10 Å². The summed E-state index contributed by atoms with van der Waals surface area (Å²) in [5, 5.41) is 5.20. The molecule has 6 nitrogen and oxygen atoms in total. The zero-order valence-electron chi connectivity index (χ0n) is 15.3. The van der Waals surface area contributed by atoms with E-state index in [1.165, 1.54) is 27.8 Å². The molecule has 0 spiro atoms. The normalized spacial score (nSPS) is 15.4. The van der Waals surface area contributed by atoms with Gasteiger partial charge >= 0.3 is 0 Å². The van der Waals surface area contributed by atoms with Gasteiger partial charge in [-0.2, -0.15) is 0 Å². The third-order valence-corrected chi connectivity index (χ3v) is 7.29. The van der Waals surface area contributed by atoms with E-state index in [1.54, 1.807) is 41.8 Å². The van der Waals surface area contributed by atoms with Gasteiger partial charge in [-0.15, -0.1) is 11.3 Å². The van der Waals surface area contributed by atoms with Crippen LogP contribution in [0.4, 0.5) is 15.8 Å². The first kappa shape index (κ1) is 19.5. The number of sulfonamides is 1. The number of carbonyl (C=O) groups is 1. The van der Waals surface area contributed by atoms with Gasteiger partial charge in [0.1, 0.15) is 10.8 Å². The quantitative estimate of drug-likeness (QED) is 0.669. The van der Waals surface area contributed by atoms with Crippen LogP contribution < -0.4 is 9.62 Å². The standard InChI is InChI=1S/C20H18FN3O3S2/c21-15-5-1-4-14(10-15)20-23-17(13-28-20)12-19(25)22-16-6-2-7-18(11-16)24-8-3-9-29(24,26)27/h1-2,4-7,10-11,13H,3,8-9,12H2,(H,22,25). The molecule has 2 aromatic carbocycles. The van der Waals surface area contributed by atoms with E-state index >= 15 is 0 Å². The van der Waals surface area contributed by atoms with Gasteiger partial charge in [0.05, 0.1) is 23.6 Å². The number of anilines is 2. The Balaban J connectivity index is 1.44. The molecule has 1 fully saturated rings. The Bertz CT molecular complexity index is 1160. The molecule has 2 heterocycles. The van der Waals surface area contributed by atoms with Gasteiger partial charge < -0.3 is 5.32 Å². The Kier molecular flexibility index (Phi) is 5.33. The lowest BCUT2D eigenvalue weighted by atomic mass is 10.2. The molecule has 0 radical (unpaired) electrons. The van der Waals surface area contributed by atoms with E-state index in [-0.39, 0.29) is 23.9 Å². The summed E-state index contributed by atoms with van der Waals surface area (Å²) in [5.74, 6) is -0.458. The van der Waals surface area contributed by atoms with E-state index in [4.69, 9.17) is 0 Å². The average Bonchev–Trinajstić information content (AvgIpc) is 3.27. The van der Waals surface area contributed by atoms with Crippen LogP contribution in [0.1, 0.15) is 12.1 Å². The van der Waals surface area contributed by atoms with Crippen LogP contribution in [0.3, 0.4) is 0 Å². The van der Waals surface area contributed by atoms with Gasteiger partial charge in [0.15, 0.2) is 0 Å². The van der Waals surface area contributed by atoms with Crippen molar-refractivity contribution in [1.82, 2.24) is 4.98 Å². The molecule has 0 unspecified atom stereocenters. The predicted octanol–water partition coefficient (Wildman–Crippen LogP) is 3.67. The molecule has 0 atom stereocenters. The van der Waals surface area contributed by atoms with Crippen molar-refractivity contribution in [3.8, 4) is 10.6 Å². The number of amides is 1. The lowest BCUT2D eigenvalue weighted by Gasteiger charge is -2.17. The summed E-state index contributed by atoms with van der Waals surface area (Å²) in [4.78, 5) is 16.8. The summed E-state index contributed by atoms with van der Waals surface area (Å²) >= 11 is 1.35. The van der Waals surface area contributed by atoms with Crippen LogP contribution in [0.15, 0.2) is 53.9 Å². The smallest absolute Gasteiger partial charge is 0.235 e. The highest BCUT2D eigenvalue weighted by Gasteiger charge is 2.28. The Hall–Kier alpha value is -2.78. The van der Waals surface area contributed by atoms with Crippen molar-refractivity contribution in [2.45, 2.75) is 12.8 Å². The Labute approximate surface area is 172 Å². The third-order valence-electron chi connectivity index (χ3n) is 4.48. The molecule has 1 aliphatic heterocycles. The highest BCUT2D eigenvalue weighted by atomic mass is 32.2. The monoisotopic (exact) mass is 431 g/mol. The molecule has 0 saturated carbocycles. The summed E-state index contributed by atoms with van der Waals surface area (Å²) < 4.78 is 38.9. The third kappa shape index (κ3) is 4.46. The number of thiazole rings is 1. The second-order valence-corrected chi connectivity index (χ2v) is 9.54. The Morgan fingerprint density at radius 1 is 1.21 bits per heavy atom. The maximum Gasteiger partial charge on any atom is 0.235 e. The molecule has 1 aromatic heterocycles. The van der Waals surface area contributed by atoms with E-state index in [1.807, 2.05) is 0 Å². The highest BCUT2D eigenvalue weighted by molar-refractivity contribution is 7.93. The van der Waals surface area contributed by atoms with Crippen LogP contribution in [0, 0.1) is 5.82 Å². The number of benzene rings is 2. The Morgan fingerprint density at radius 3 is 2.79 bits per heavy atom. The van der Waals surface area contributed by atoms with Crippen LogP contribution in [0.5, 0.6) is 0 Å². The van der Waals surface area contributed by atoms with Gasteiger partial charge in [0.25, 0.3) is 0 Å². The zero-order valence-corrected chi connectivity index (χ0v) is 17.0. The largest absolute Gasteiger partial charge is 0.326 e. The SMILES string of the molecule is O=C(Cc1csc(-c2cccc(F)c2)n1)Nc1cccc(N2CCCS2(=O)=O)c1. The number of hydrogen-bond acceptors (Lipinski definition) is 5. The number of rotatable bonds is 5. The molecule has 1 N–H and O–H groups in total. The highest BCUT2D eigenvalue weighted by Crippen LogP contribution is 2.27. The van der Waals surface area contributed by atoms with Gasteiger partial charge in [-0.25, -0.2) is 17.8 Å². The second kappa shape index (κ2) is 7.92. The summed E-state index contributed by atoms with van der Waals surface area (Å²) in [6.07, 6.45) is 0.661. The summed E-state index contributed by atoms with van der Waals surface area (Å²) in [6, 6.07) is 12.9. The predicted molar refractivity (Wildman–Crippen MR) is 112 cm³/mol. The van der Waals surface area contributed by atoms with Crippen LogP contribution in [-0.2, 0) is 21.2 Å². The van der Waals surface area contributed by atoms with E-state index in [2.05, 4.69) is 10.3 Å². The molecule has 9 heteroatoms. The number of carbonyl (C=O) groups excluding carboxylic acids is 1. The fourth-order valence-electron chi connectivity index (χ4n) is 3.18. The van der Waals surface area contributed by atoms with Crippen LogP contribution in [0.2, 0.25) is 0 Å². The second-order valence-electron chi connectivity index (χ2n) is 6.67. The maximum atomic E-state index is 13.4. The van der Waals surface area contributed by atoms with Crippen molar-refractivity contribution in [2.24, 2.45) is 0 Å². The van der Waals surface area contributed by atoms with Crippen LogP contribution in [-0.4, -0.2) is 31.6 Å². The van der Waals surface area contributed by atoms with Crippen molar-refractivity contribution in [3.05, 3.63) is 65.4 Å². The Morgan fingerprint density at radius 2 is 2.03 bits per heavy atom. The molecule has 4 rings (SSSR count). The topological polar surface area (TPSA) is 79.4 Å². The summed E-state index contributed by atoms with van der Waals surface area (Å²) in [7, 11) is -3.28. The molecular weight excluding hydrogens is 413 g/mol. The van der Waals surface area contributed by atoms with Crippen molar-refractivity contribution >= 4 is 38.6 Å². The zero-order chi connectivity index (χ0) is 20.4. The molecular formula is C20H18FN3O3S2. The minimum Gasteiger partial charge on any atom is -0.326 e. The summed E-state index contributed by atoms with van der Waals surface area (Å²) in [6.45, 7) is 0.446. The fraction of sp³-hybridized carbons (Fsp3) is 0.200. The average molecular weight is 432 g/mol. The molecule has 1 saturated heterocycles. The minimum absolute atomic E-state index is 0.0675. The van der Waals surface area contributed by atoms with Crippen molar-refractivity contribution in [1.29, 1.82) is 0 Å². The van der Waals surface area contributed by atoms with Crippen LogP contribution in [0.25, 0.3) is 10.6 Å². The fourth-order valence-corrected chi connectivity index (χ4v) is 5.55. The number of hydrogen-bond donors (Lipinski definition) is 1. The number of aromatic nitrogens is 1. The number of nitrogens with one attached hydrogen (secondary N) is 1. The molecule has 3 aromatic rings. The summed E-state index contributed by atoms with van der Waals surface area (Å²) in [5.41, 5.74) is 2.32. The van der Waals surface area contributed by atoms with Gasteiger partial charge in [0, 0.05) is 23.2 Å². The van der Waals surface area contributed by atoms with Crippen LogP contribution >= 0.6 is 11.3 Å². The van der Waals surface area contributed by atoms with E-state index < -0.39 is 10.0 Å². The first-order valence-electron chi connectivity index (χ1n) is 9.01. The molecule has 1 amide bonds. The van der Waals surface area contributed by atoms with E-state index in [0.29, 0.717) is 40.6 Å². The lowest BCUT2D eigenvalue weighted by molar-refractivity contribution is -0.115. The molecule has 0 aliphatic carbocycles. The maximum absolute atomic E-state index is 13.4. The lowest BCUT2D eigenvalue weighted by Crippen LogP contribution is -2.25. The van der Waals surface area contributed by atoms with Crippen molar-refractivity contribution in [2.75, 3.05) is 21.9 Å². The molecule has 150 valence electrons. The first-order chi connectivity index (χ1) is 13.9. The molecule has 1 aliphatic rings. The minimum atomic E-state index is -3.28. The molecule has 0 bridgehead atoms. The van der Waals surface area contributed by atoms with E-state index in [9.17, 15) is 17.6 Å². The number of nitrogens with zero attached hydrogens (tertiary/aromatic N) is 2. The van der Waals surface area contributed by atoms with Gasteiger partial charge in [0.2, 0.25) is 15.9 Å². The van der Waals surface area contributed by atoms with Gasteiger partial charge in [-0.1, -0.05) is 18.2 Å². The molecule has 29 heavy (non-hydrogen) atoms. The van der Waals surface area contributed by atoms with Crippen molar-refractivity contribution in [3.63, 3.8) is 0 Å². The number of halogens is 1. The van der Waals surface area contributed by atoms with Crippen molar-refractivity contribution < 1.29 is 17.6 Å². The first-order valence-corrected chi connectivity index (χ1v) is 11.5. The van der Waals surface area contributed by atoms with Gasteiger partial charge in [-0.05, 0) is 36.8 Å². The van der Waals surface area contributed by atoms with E-state index in [0.717, 1.165) is 0 Å².